The van der Waals surface area contributed by atoms with Crippen molar-refractivity contribution in [1.29, 1.82) is 0 Å². The fourth-order valence-electron chi connectivity index (χ4n) is 1.15. The number of aromatic amines is 1. The molecule has 4 heteroatoms. The third-order valence-electron chi connectivity index (χ3n) is 2.06. The van der Waals surface area contributed by atoms with E-state index in [1.54, 1.807) is 6.33 Å². The number of nitrogens with one attached hydrogen (secondary N) is 2. The molecule has 0 amide bonds. The first-order valence-electron chi connectivity index (χ1n) is 5.13. The average Bonchev–Trinajstić information content (AvgIpc) is 2.54. The number of hydrogen-bond acceptors (Lipinski definition) is 3. The summed E-state index contributed by atoms with van der Waals surface area (Å²) in [6.07, 6.45) is 3.66. The normalized spacial score (nSPS) is 11.9. The van der Waals surface area contributed by atoms with Crippen molar-refractivity contribution in [2.75, 3.05) is 13.1 Å². The lowest BCUT2D eigenvalue weighted by atomic mass is 9.92. The van der Waals surface area contributed by atoms with Crippen molar-refractivity contribution in [3.8, 4) is 0 Å². The minimum atomic E-state index is 0.416. The molecule has 0 unspecified atom stereocenters. The van der Waals surface area contributed by atoms with Gasteiger partial charge in [0.15, 0.2) is 0 Å². The van der Waals surface area contributed by atoms with E-state index >= 15 is 0 Å². The maximum atomic E-state index is 4.06. The molecule has 2 N–H and O–H groups in total. The molecule has 0 bridgehead atoms. The Kier molecular flexibility index (Phi) is 4.07. The van der Waals surface area contributed by atoms with Crippen LogP contribution < -0.4 is 5.32 Å². The zero-order chi connectivity index (χ0) is 10.4. The first-order valence-corrected chi connectivity index (χ1v) is 5.13. The molecule has 0 aliphatic heterocycles. The Bertz CT molecular complexity index is 235. The van der Waals surface area contributed by atoms with Crippen LogP contribution in [-0.2, 0) is 6.42 Å². The Labute approximate surface area is 85.5 Å². The van der Waals surface area contributed by atoms with Gasteiger partial charge in [-0.05, 0) is 18.4 Å². The fraction of sp³-hybridized carbons (Fsp3) is 0.800. The van der Waals surface area contributed by atoms with Crippen LogP contribution in [0.5, 0.6) is 0 Å². The summed E-state index contributed by atoms with van der Waals surface area (Å²) in [7, 11) is 0. The van der Waals surface area contributed by atoms with Gasteiger partial charge in [0.2, 0.25) is 0 Å². The molecule has 0 aliphatic rings. The molecule has 14 heavy (non-hydrogen) atoms. The number of H-pyrrole nitrogens is 1. The molecule has 0 spiro atoms. The maximum Gasteiger partial charge on any atom is 0.137 e. The van der Waals surface area contributed by atoms with Crippen molar-refractivity contribution in [3.63, 3.8) is 0 Å². The maximum absolute atomic E-state index is 4.06. The first kappa shape index (κ1) is 11.2. The van der Waals surface area contributed by atoms with Gasteiger partial charge >= 0.3 is 0 Å². The van der Waals surface area contributed by atoms with Crippen LogP contribution in [0, 0.1) is 5.41 Å². The predicted octanol–water partition coefficient (Wildman–Crippen LogP) is 1.37. The van der Waals surface area contributed by atoms with E-state index in [9.17, 15) is 0 Å². The molecule has 1 aromatic rings. The van der Waals surface area contributed by atoms with Crippen molar-refractivity contribution >= 4 is 0 Å². The molecule has 0 saturated carbocycles. The SMILES string of the molecule is CC(C)(C)CCNCCc1ncn[nH]1. The van der Waals surface area contributed by atoms with Gasteiger partial charge in [-0.1, -0.05) is 20.8 Å². The quantitative estimate of drug-likeness (QED) is 0.699. The molecular formula is C10H20N4. The standard InChI is InChI=1S/C10H20N4/c1-10(2,3)5-7-11-6-4-9-12-8-13-14-9/h8,11H,4-7H2,1-3H3,(H,12,13,14). The molecule has 1 aromatic heterocycles. The van der Waals surface area contributed by atoms with Gasteiger partial charge in [0.1, 0.15) is 12.2 Å². The van der Waals surface area contributed by atoms with Crippen molar-refractivity contribution in [2.45, 2.75) is 33.6 Å². The highest BCUT2D eigenvalue weighted by atomic mass is 15.2. The third kappa shape index (κ3) is 4.97. The Balaban J connectivity index is 2.00. The van der Waals surface area contributed by atoms with E-state index in [0.29, 0.717) is 5.41 Å². The van der Waals surface area contributed by atoms with Crippen molar-refractivity contribution in [2.24, 2.45) is 5.41 Å². The largest absolute Gasteiger partial charge is 0.316 e. The van der Waals surface area contributed by atoms with Gasteiger partial charge in [-0.2, -0.15) is 5.10 Å². The smallest absolute Gasteiger partial charge is 0.137 e. The van der Waals surface area contributed by atoms with Gasteiger partial charge in [-0.25, -0.2) is 4.98 Å². The summed E-state index contributed by atoms with van der Waals surface area (Å²) in [5.41, 5.74) is 0.416. The summed E-state index contributed by atoms with van der Waals surface area (Å²) in [5, 5.41) is 10.0. The zero-order valence-corrected chi connectivity index (χ0v) is 9.30. The van der Waals surface area contributed by atoms with E-state index in [4.69, 9.17) is 0 Å². The van der Waals surface area contributed by atoms with Gasteiger partial charge in [-0.3, -0.25) is 5.10 Å². The molecule has 0 aromatic carbocycles. The molecule has 1 heterocycles. The van der Waals surface area contributed by atoms with Crippen LogP contribution >= 0.6 is 0 Å². The van der Waals surface area contributed by atoms with E-state index in [2.05, 4.69) is 41.3 Å². The highest BCUT2D eigenvalue weighted by Crippen LogP contribution is 2.16. The summed E-state index contributed by atoms with van der Waals surface area (Å²) in [6.45, 7) is 8.80. The van der Waals surface area contributed by atoms with Crippen LogP contribution in [0.3, 0.4) is 0 Å². The van der Waals surface area contributed by atoms with Crippen LogP contribution in [0.4, 0.5) is 0 Å². The predicted molar refractivity (Wildman–Crippen MR) is 57.0 cm³/mol. The second-order valence-electron chi connectivity index (χ2n) is 4.74. The molecule has 1 rings (SSSR count). The second-order valence-corrected chi connectivity index (χ2v) is 4.74. The number of rotatable bonds is 5. The van der Waals surface area contributed by atoms with Gasteiger partial charge in [0.05, 0.1) is 0 Å². The Morgan fingerprint density at radius 2 is 2.14 bits per heavy atom. The van der Waals surface area contributed by atoms with Crippen LogP contribution in [-0.4, -0.2) is 28.3 Å². The molecular weight excluding hydrogens is 176 g/mol. The molecule has 0 radical (unpaired) electrons. The van der Waals surface area contributed by atoms with E-state index in [1.165, 1.54) is 6.42 Å². The lowest BCUT2D eigenvalue weighted by molar-refractivity contribution is 0.367. The second kappa shape index (κ2) is 5.10. The molecule has 0 fully saturated rings. The molecule has 0 aliphatic carbocycles. The average molecular weight is 196 g/mol. The van der Waals surface area contributed by atoms with Gasteiger partial charge in [0.25, 0.3) is 0 Å². The minimum absolute atomic E-state index is 0.416. The van der Waals surface area contributed by atoms with Crippen LogP contribution in [0.15, 0.2) is 6.33 Å². The Hall–Kier alpha value is -0.900. The van der Waals surface area contributed by atoms with Gasteiger partial charge in [-0.15, -0.1) is 0 Å². The van der Waals surface area contributed by atoms with Crippen LogP contribution in [0.1, 0.15) is 33.0 Å². The summed E-state index contributed by atoms with van der Waals surface area (Å²) in [6, 6.07) is 0. The van der Waals surface area contributed by atoms with Crippen LogP contribution in [0.2, 0.25) is 0 Å². The summed E-state index contributed by atoms with van der Waals surface area (Å²) in [5.74, 6) is 0.952. The van der Waals surface area contributed by atoms with E-state index < -0.39 is 0 Å². The summed E-state index contributed by atoms with van der Waals surface area (Å²) >= 11 is 0. The van der Waals surface area contributed by atoms with Crippen molar-refractivity contribution in [1.82, 2.24) is 20.5 Å². The number of hydrogen-bond donors (Lipinski definition) is 2. The topological polar surface area (TPSA) is 53.6 Å². The summed E-state index contributed by atoms with van der Waals surface area (Å²) in [4.78, 5) is 4.06. The van der Waals surface area contributed by atoms with Crippen molar-refractivity contribution in [3.05, 3.63) is 12.2 Å². The van der Waals surface area contributed by atoms with Gasteiger partial charge in [0, 0.05) is 13.0 Å². The van der Waals surface area contributed by atoms with E-state index in [-0.39, 0.29) is 0 Å². The highest BCUT2D eigenvalue weighted by molar-refractivity contribution is 4.80. The fourth-order valence-corrected chi connectivity index (χ4v) is 1.15. The third-order valence-corrected chi connectivity index (χ3v) is 2.06. The summed E-state index contributed by atoms with van der Waals surface area (Å²) < 4.78 is 0. The minimum Gasteiger partial charge on any atom is -0.316 e. The van der Waals surface area contributed by atoms with Crippen LogP contribution in [0.25, 0.3) is 0 Å². The molecule has 80 valence electrons. The Morgan fingerprint density at radius 1 is 1.36 bits per heavy atom. The van der Waals surface area contributed by atoms with Crippen molar-refractivity contribution < 1.29 is 0 Å². The van der Waals surface area contributed by atoms with Gasteiger partial charge < -0.3 is 5.32 Å². The molecule has 4 nitrogen and oxygen atoms in total. The zero-order valence-electron chi connectivity index (χ0n) is 9.30. The lowest BCUT2D eigenvalue weighted by Crippen LogP contribution is -2.23. The monoisotopic (exact) mass is 196 g/mol. The first-order chi connectivity index (χ1) is 6.58. The highest BCUT2D eigenvalue weighted by Gasteiger charge is 2.08. The molecule has 0 atom stereocenters. The number of nitrogens with zero attached hydrogens (tertiary/aromatic N) is 2. The lowest BCUT2D eigenvalue weighted by Gasteiger charge is -2.17. The Morgan fingerprint density at radius 3 is 2.71 bits per heavy atom. The van der Waals surface area contributed by atoms with E-state index in [1.807, 2.05) is 0 Å². The molecule has 0 saturated heterocycles. The van der Waals surface area contributed by atoms with E-state index in [0.717, 1.165) is 25.3 Å². The number of aromatic nitrogens is 3.